The van der Waals surface area contributed by atoms with Gasteiger partial charge in [-0.1, -0.05) is 91.0 Å². The van der Waals surface area contributed by atoms with Crippen molar-refractivity contribution in [1.82, 2.24) is 4.90 Å². The molecule has 0 N–H and O–H groups in total. The summed E-state index contributed by atoms with van der Waals surface area (Å²) in [5, 5.41) is 2.22. The molecule has 4 aromatic rings. The Labute approximate surface area is 189 Å². The minimum atomic E-state index is -0.286. The average molecular weight is 422 g/mol. The zero-order chi connectivity index (χ0) is 22.1. The molecule has 0 amide bonds. The first-order chi connectivity index (χ1) is 15.6. The first-order valence-electron chi connectivity index (χ1n) is 11.1. The van der Waals surface area contributed by atoms with Crippen LogP contribution in [0.5, 0.6) is 0 Å². The van der Waals surface area contributed by atoms with E-state index >= 15 is 0 Å². The Morgan fingerprint density at radius 2 is 1.44 bits per heavy atom. The Morgan fingerprint density at radius 3 is 2.19 bits per heavy atom. The number of rotatable bonds is 5. The summed E-state index contributed by atoms with van der Waals surface area (Å²) in [5.41, 5.74) is 4.20. The molecule has 0 saturated heterocycles. The highest BCUT2D eigenvalue weighted by atomic mass is 16.5. The Balaban J connectivity index is 1.50. The van der Waals surface area contributed by atoms with E-state index in [1.165, 1.54) is 5.56 Å². The number of ether oxygens (including phenoxy) is 1. The lowest BCUT2D eigenvalue weighted by atomic mass is 9.84. The van der Waals surface area contributed by atoms with Gasteiger partial charge in [0.2, 0.25) is 0 Å². The number of fused-ring (bicyclic) bond motifs is 2. The highest BCUT2D eigenvalue weighted by Gasteiger charge is 2.38. The highest BCUT2D eigenvalue weighted by Crippen LogP contribution is 2.47. The second-order valence-electron chi connectivity index (χ2n) is 8.68. The second kappa shape index (κ2) is 8.70. The van der Waals surface area contributed by atoms with E-state index in [1.54, 1.807) is 0 Å². The van der Waals surface area contributed by atoms with Crippen LogP contribution < -0.4 is 0 Å². The molecule has 32 heavy (non-hydrogen) atoms. The monoisotopic (exact) mass is 421 g/mol. The molecule has 5 rings (SSSR count). The zero-order valence-corrected chi connectivity index (χ0v) is 18.4. The topological polar surface area (TPSA) is 29.5 Å². The van der Waals surface area contributed by atoms with Crippen molar-refractivity contribution in [3.05, 3.63) is 119 Å². The van der Waals surface area contributed by atoms with Crippen LogP contribution in [0.25, 0.3) is 10.8 Å². The maximum absolute atomic E-state index is 13.3. The van der Waals surface area contributed by atoms with Crippen molar-refractivity contribution < 1.29 is 9.53 Å². The van der Waals surface area contributed by atoms with Crippen molar-refractivity contribution in [2.75, 3.05) is 14.1 Å². The van der Waals surface area contributed by atoms with Gasteiger partial charge >= 0.3 is 0 Å². The van der Waals surface area contributed by atoms with Gasteiger partial charge in [0.05, 0.1) is 12.1 Å². The molecule has 160 valence electrons. The van der Waals surface area contributed by atoms with Crippen molar-refractivity contribution in [1.29, 1.82) is 0 Å². The molecule has 1 aliphatic rings. The summed E-state index contributed by atoms with van der Waals surface area (Å²) in [5.74, 6) is 0.102. The summed E-state index contributed by atoms with van der Waals surface area (Å²) >= 11 is 0. The van der Waals surface area contributed by atoms with Gasteiger partial charge in [-0.15, -0.1) is 0 Å². The number of ketones is 1. The number of likely N-dealkylation sites (N-methyl/N-ethyl adjacent to an activating group) is 1. The number of carbonyl (C=O) groups is 1. The third-order valence-electron chi connectivity index (χ3n) is 6.39. The van der Waals surface area contributed by atoms with E-state index in [1.807, 2.05) is 60.7 Å². The molecule has 0 bridgehead atoms. The molecule has 0 aromatic heterocycles. The van der Waals surface area contributed by atoms with Gasteiger partial charge < -0.3 is 4.74 Å². The number of nitrogens with zero attached hydrogens (tertiary/aromatic N) is 1. The van der Waals surface area contributed by atoms with E-state index < -0.39 is 0 Å². The number of hydrogen-bond donors (Lipinski definition) is 0. The zero-order valence-electron chi connectivity index (χ0n) is 18.4. The van der Waals surface area contributed by atoms with E-state index in [-0.39, 0.29) is 24.0 Å². The van der Waals surface area contributed by atoms with Crippen molar-refractivity contribution in [2.45, 2.75) is 24.7 Å². The molecule has 0 aliphatic carbocycles. The number of hydrogen-bond acceptors (Lipinski definition) is 3. The first kappa shape index (κ1) is 20.6. The van der Waals surface area contributed by atoms with Crippen LogP contribution in [-0.2, 0) is 4.74 Å². The highest BCUT2D eigenvalue weighted by molar-refractivity contribution is 6.00. The van der Waals surface area contributed by atoms with Crippen LogP contribution in [0.1, 0.15) is 51.7 Å². The number of benzene rings is 4. The Bertz CT molecular complexity index is 1250. The van der Waals surface area contributed by atoms with Gasteiger partial charge in [0.25, 0.3) is 0 Å². The van der Waals surface area contributed by atoms with E-state index in [0.29, 0.717) is 6.42 Å². The quantitative estimate of drug-likeness (QED) is 0.343. The second-order valence-corrected chi connectivity index (χ2v) is 8.68. The third-order valence-corrected chi connectivity index (χ3v) is 6.39. The lowest BCUT2D eigenvalue weighted by Gasteiger charge is -2.41. The van der Waals surface area contributed by atoms with Gasteiger partial charge in [-0.3, -0.25) is 9.69 Å². The molecule has 0 unspecified atom stereocenters. The summed E-state index contributed by atoms with van der Waals surface area (Å²) < 4.78 is 6.69. The minimum absolute atomic E-state index is 0.0839. The SMILES string of the molecule is CN(C)[C@H]1c2ccccc2[C@H](CC(=O)c2ccc3ccccc3c2)O[C@@H]1c1ccccc1. The molecule has 1 aliphatic heterocycles. The largest absolute Gasteiger partial charge is 0.363 e. The lowest BCUT2D eigenvalue weighted by molar-refractivity contribution is -0.0718. The molecular weight excluding hydrogens is 394 g/mol. The Morgan fingerprint density at radius 1 is 0.781 bits per heavy atom. The standard InChI is InChI=1S/C29H27NO2/c1-30(2)28-25-15-9-8-14-24(25)27(32-29(28)21-11-4-3-5-12-21)19-26(31)23-17-16-20-10-6-7-13-22(20)18-23/h3-18,27-29H,19H2,1-2H3/t27-,28-,29+/m0/s1. The number of Topliss-reactive ketones (excluding diaryl/α,β-unsaturated/α-hetero) is 1. The van der Waals surface area contributed by atoms with Gasteiger partial charge in [0.1, 0.15) is 6.10 Å². The molecule has 0 radical (unpaired) electrons. The van der Waals surface area contributed by atoms with E-state index in [2.05, 4.69) is 55.4 Å². The predicted octanol–water partition coefficient (Wildman–Crippen LogP) is 6.53. The molecule has 3 heteroatoms. The lowest BCUT2D eigenvalue weighted by Crippen LogP contribution is -2.34. The van der Waals surface area contributed by atoms with Crippen LogP contribution in [0.3, 0.4) is 0 Å². The van der Waals surface area contributed by atoms with Crippen LogP contribution in [0.2, 0.25) is 0 Å². The first-order valence-corrected chi connectivity index (χ1v) is 11.1. The fourth-order valence-electron chi connectivity index (χ4n) is 4.82. The number of carbonyl (C=O) groups excluding carboxylic acids is 1. The fraction of sp³-hybridized carbons (Fsp3) is 0.207. The van der Waals surface area contributed by atoms with Crippen molar-refractivity contribution in [3.8, 4) is 0 Å². The molecule has 0 fully saturated rings. The van der Waals surface area contributed by atoms with Crippen molar-refractivity contribution >= 4 is 16.6 Å². The normalized spacial score (nSPS) is 20.3. The van der Waals surface area contributed by atoms with Crippen molar-refractivity contribution in [2.24, 2.45) is 0 Å². The van der Waals surface area contributed by atoms with Gasteiger partial charge in [-0.25, -0.2) is 0 Å². The Hall–Kier alpha value is -3.27. The van der Waals surface area contributed by atoms with E-state index in [0.717, 1.165) is 27.5 Å². The van der Waals surface area contributed by atoms with Crippen molar-refractivity contribution in [3.63, 3.8) is 0 Å². The summed E-state index contributed by atoms with van der Waals surface area (Å²) in [4.78, 5) is 15.5. The molecule has 1 heterocycles. The van der Waals surface area contributed by atoms with Gasteiger partial charge in [0, 0.05) is 12.0 Å². The molecule has 0 spiro atoms. The molecule has 3 nitrogen and oxygen atoms in total. The molecular formula is C29H27NO2. The predicted molar refractivity (Wildman–Crippen MR) is 129 cm³/mol. The van der Waals surface area contributed by atoms with Crippen LogP contribution in [0.4, 0.5) is 0 Å². The summed E-state index contributed by atoms with van der Waals surface area (Å²) in [7, 11) is 4.17. The summed E-state index contributed by atoms with van der Waals surface area (Å²) in [6.45, 7) is 0. The maximum atomic E-state index is 13.3. The van der Waals surface area contributed by atoms with Crippen LogP contribution in [-0.4, -0.2) is 24.8 Å². The van der Waals surface area contributed by atoms with Gasteiger partial charge in [-0.05, 0) is 47.6 Å². The molecule has 3 atom stereocenters. The average Bonchev–Trinajstić information content (AvgIpc) is 2.83. The van der Waals surface area contributed by atoms with Crippen LogP contribution >= 0.6 is 0 Å². The molecule has 0 saturated carbocycles. The van der Waals surface area contributed by atoms with Crippen LogP contribution in [0.15, 0.2) is 97.1 Å². The van der Waals surface area contributed by atoms with E-state index in [4.69, 9.17) is 4.74 Å². The smallest absolute Gasteiger partial charge is 0.165 e. The summed E-state index contributed by atoms with van der Waals surface area (Å²) in [6.07, 6.45) is -0.110. The van der Waals surface area contributed by atoms with Crippen LogP contribution in [0, 0.1) is 0 Å². The third kappa shape index (κ3) is 3.86. The maximum Gasteiger partial charge on any atom is 0.165 e. The fourth-order valence-corrected chi connectivity index (χ4v) is 4.82. The van der Waals surface area contributed by atoms with Gasteiger partial charge in [0.15, 0.2) is 5.78 Å². The minimum Gasteiger partial charge on any atom is -0.363 e. The summed E-state index contributed by atoms with van der Waals surface area (Å²) in [6, 6.07) is 32.9. The van der Waals surface area contributed by atoms with Gasteiger partial charge in [-0.2, -0.15) is 0 Å². The van der Waals surface area contributed by atoms with E-state index in [9.17, 15) is 4.79 Å². The Kier molecular flexibility index (Phi) is 5.60. The molecule has 4 aromatic carbocycles.